The maximum atomic E-state index is 12.8. The number of thioether (sulfide) groups is 1. The van der Waals surface area contributed by atoms with Crippen LogP contribution in [0.1, 0.15) is 31.4 Å². The Kier molecular flexibility index (Phi) is 13.0. The average Bonchev–Trinajstić information content (AvgIpc) is 3.31. The highest BCUT2D eigenvalue weighted by Gasteiger charge is 2.31. The van der Waals surface area contributed by atoms with E-state index < -0.39 is 79.1 Å². The van der Waals surface area contributed by atoms with Crippen LogP contribution in [0.25, 0.3) is 0 Å². The van der Waals surface area contributed by atoms with Crippen molar-refractivity contribution in [2.75, 3.05) is 12.0 Å². The molecule has 4 unspecified atom stereocenters. The van der Waals surface area contributed by atoms with Gasteiger partial charge >= 0.3 is 17.9 Å². The molecule has 0 aromatic carbocycles. The van der Waals surface area contributed by atoms with Crippen LogP contribution in [0.2, 0.25) is 0 Å². The van der Waals surface area contributed by atoms with Gasteiger partial charge in [0, 0.05) is 24.7 Å². The third-order valence-electron chi connectivity index (χ3n) is 4.85. The number of nitrogens with two attached hydrogens (primary N) is 1. The standard InChI is InChI=1S/C20H30N6O9S/c1-36-5-4-11(21)17(31)25-13(7-16(29)30)19(33)24-12(2-3-15(27)28)18(32)26-14(20(34)35)6-10-8-22-9-23-10/h8-9,11-14H,2-7,21H2,1H3,(H,22,23)(H,24,33)(H,25,31)(H,26,32)(H,27,28)(H,29,30)(H,34,35). The molecule has 1 aromatic heterocycles. The molecule has 0 spiro atoms. The van der Waals surface area contributed by atoms with Crippen LogP contribution in [0.4, 0.5) is 0 Å². The molecule has 0 saturated heterocycles. The summed E-state index contributed by atoms with van der Waals surface area (Å²) < 4.78 is 0. The van der Waals surface area contributed by atoms with Gasteiger partial charge in [-0.2, -0.15) is 11.8 Å². The number of carboxylic acids is 3. The number of H-pyrrole nitrogens is 1. The normalized spacial score (nSPS) is 14.1. The molecule has 0 aliphatic heterocycles. The van der Waals surface area contributed by atoms with Gasteiger partial charge in [-0.25, -0.2) is 9.78 Å². The van der Waals surface area contributed by atoms with Gasteiger partial charge in [0.2, 0.25) is 17.7 Å². The van der Waals surface area contributed by atoms with Crippen molar-refractivity contribution in [2.45, 2.75) is 56.3 Å². The highest BCUT2D eigenvalue weighted by molar-refractivity contribution is 7.98. The van der Waals surface area contributed by atoms with Gasteiger partial charge in [0.15, 0.2) is 0 Å². The van der Waals surface area contributed by atoms with E-state index in [0.29, 0.717) is 11.4 Å². The second kappa shape index (κ2) is 15.4. The van der Waals surface area contributed by atoms with Gasteiger partial charge in [0.05, 0.1) is 18.8 Å². The fourth-order valence-corrected chi connectivity index (χ4v) is 3.43. The number of hydrogen-bond acceptors (Lipinski definition) is 9. The number of aromatic nitrogens is 2. The number of carbonyl (C=O) groups excluding carboxylic acids is 3. The molecule has 0 saturated carbocycles. The molecule has 0 aliphatic carbocycles. The molecule has 0 fully saturated rings. The molecule has 200 valence electrons. The first-order valence-electron chi connectivity index (χ1n) is 10.7. The van der Waals surface area contributed by atoms with E-state index in [2.05, 4.69) is 25.9 Å². The zero-order valence-corrected chi connectivity index (χ0v) is 20.2. The maximum Gasteiger partial charge on any atom is 0.326 e. The SMILES string of the molecule is CSCCC(N)C(=O)NC(CC(=O)O)C(=O)NC(CCC(=O)O)C(=O)NC(Cc1cnc[nH]1)C(=O)O. The summed E-state index contributed by atoms with van der Waals surface area (Å²) in [7, 11) is 0. The van der Waals surface area contributed by atoms with Crippen molar-refractivity contribution in [2.24, 2.45) is 5.73 Å². The van der Waals surface area contributed by atoms with Crippen LogP contribution in [0.5, 0.6) is 0 Å². The fraction of sp³-hybridized carbons (Fsp3) is 0.550. The van der Waals surface area contributed by atoms with Crippen molar-refractivity contribution in [3.8, 4) is 0 Å². The predicted molar refractivity (Wildman–Crippen MR) is 126 cm³/mol. The minimum atomic E-state index is -1.62. The lowest BCUT2D eigenvalue weighted by Crippen LogP contribution is -2.57. The summed E-state index contributed by atoms with van der Waals surface area (Å²) in [6, 6.07) is -5.59. The molecule has 16 heteroatoms. The van der Waals surface area contributed by atoms with Crippen molar-refractivity contribution < 1.29 is 44.1 Å². The number of nitrogens with zero attached hydrogens (tertiary/aromatic N) is 1. The number of carboxylic acid groups (broad SMARTS) is 3. The van der Waals surface area contributed by atoms with E-state index in [9.17, 15) is 33.9 Å². The van der Waals surface area contributed by atoms with Crippen LogP contribution in [0, 0.1) is 0 Å². The van der Waals surface area contributed by atoms with Gasteiger partial charge in [-0.05, 0) is 24.9 Å². The molecule has 0 aliphatic rings. The number of imidazole rings is 1. The van der Waals surface area contributed by atoms with E-state index in [-0.39, 0.29) is 12.8 Å². The first-order chi connectivity index (χ1) is 16.9. The van der Waals surface area contributed by atoms with Crippen LogP contribution in [-0.2, 0) is 35.2 Å². The summed E-state index contributed by atoms with van der Waals surface area (Å²) in [5, 5.41) is 34.3. The zero-order valence-electron chi connectivity index (χ0n) is 19.4. The van der Waals surface area contributed by atoms with E-state index in [1.165, 1.54) is 24.3 Å². The van der Waals surface area contributed by atoms with Gasteiger partial charge in [-0.3, -0.25) is 24.0 Å². The van der Waals surface area contributed by atoms with E-state index >= 15 is 0 Å². The van der Waals surface area contributed by atoms with Crippen molar-refractivity contribution in [3.63, 3.8) is 0 Å². The summed E-state index contributed by atoms with van der Waals surface area (Å²) in [5.41, 5.74) is 6.15. The van der Waals surface area contributed by atoms with E-state index in [4.69, 9.17) is 15.9 Å². The summed E-state index contributed by atoms with van der Waals surface area (Å²) in [6.45, 7) is 0. The Morgan fingerprint density at radius 2 is 1.56 bits per heavy atom. The number of nitrogens with one attached hydrogen (secondary N) is 4. The minimum absolute atomic E-state index is 0.174. The largest absolute Gasteiger partial charge is 0.481 e. The number of aromatic amines is 1. The van der Waals surface area contributed by atoms with Crippen molar-refractivity contribution in [1.82, 2.24) is 25.9 Å². The van der Waals surface area contributed by atoms with Crippen molar-refractivity contribution >= 4 is 47.4 Å². The maximum absolute atomic E-state index is 12.8. The lowest BCUT2D eigenvalue weighted by atomic mass is 10.1. The molecule has 4 atom stereocenters. The molecule has 36 heavy (non-hydrogen) atoms. The lowest BCUT2D eigenvalue weighted by Gasteiger charge is -2.24. The number of carbonyl (C=O) groups is 6. The lowest BCUT2D eigenvalue weighted by molar-refractivity contribution is -0.143. The number of aliphatic carboxylic acids is 3. The summed E-state index contributed by atoms with van der Waals surface area (Å²) in [5.74, 6) is -6.42. The monoisotopic (exact) mass is 530 g/mol. The minimum Gasteiger partial charge on any atom is -0.481 e. The molecule has 0 radical (unpaired) electrons. The molecule has 1 heterocycles. The molecule has 1 aromatic rings. The summed E-state index contributed by atoms with van der Waals surface area (Å²) >= 11 is 1.44. The number of rotatable bonds is 17. The number of amides is 3. The first-order valence-corrected chi connectivity index (χ1v) is 12.1. The molecule has 3 amide bonds. The first kappa shape index (κ1) is 30.4. The molecule has 0 bridgehead atoms. The number of hydrogen-bond donors (Lipinski definition) is 8. The van der Waals surface area contributed by atoms with Crippen molar-refractivity contribution in [1.29, 1.82) is 0 Å². The molecule has 1 rings (SSSR count). The van der Waals surface area contributed by atoms with Crippen LogP contribution in [0.3, 0.4) is 0 Å². The Morgan fingerprint density at radius 3 is 2.08 bits per heavy atom. The van der Waals surface area contributed by atoms with Crippen LogP contribution in [0.15, 0.2) is 12.5 Å². The smallest absolute Gasteiger partial charge is 0.326 e. The molecule has 9 N–H and O–H groups in total. The van der Waals surface area contributed by atoms with Gasteiger partial charge in [-0.1, -0.05) is 0 Å². The zero-order chi connectivity index (χ0) is 27.3. The topological polar surface area (TPSA) is 254 Å². The Morgan fingerprint density at radius 1 is 0.944 bits per heavy atom. The quantitative estimate of drug-likeness (QED) is 0.108. The summed E-state index contributed by atoms with van der Waals surface area (Å²) in [6.07, 6.45) is 2.74. The van der Waals surface area contributed by atoms with Gasteiger partial charge in [0.1, 0.15) is 18.1 Å². The van der Waals surface area contributed by atoms with Crippen LogP contribution < -0.4 is 21.7 Å². The van der Waals surface area contributed by atoms with Gasteiger partial charge < -0.3 is 42.0 Å². The highest BCUT2D eigenvalue weighted by Crippen LogP contribution is 2.05. The van der Waals surface area contributed by atoms with Gasteiger partial charge in [-0.15, -0.1) is 0 Å². The van der Waals surface area contributed by atoms with Crippen LogP contribution in [-0.4, -0.2) is 97.1 Å². The average molecular weight is 531 g/mol. The molecule has 15 nitrogen and oxygen atoms in total. The second-order valence-electron chi connectivity index (χ2n) is 7.72. The Bertz CT molecular complexity index is 927. The summed E-state index contributed by atoms with van der Waals surface area (Å²) in [4.78, 5) is 78.2. The van der Waals surface area contributed by atoms with Gasteiger partial charge in [0.25, 0.3) is 0 Å². The van der Waals surface area contributed by atoms with E-state index in [1.54, 1.807) is 6.26 Å². The Balaban J connectivity index is 3.00. The molecular formula is C20H30N6O9S. The Hall–Kier alpha value is -3.66. The second-order valence-corrected chi connectivity index (χ2v) is 8.71. The fourth-order valence-electron chi connectivity index (χ4n) is 2.94. The third-order valence-corrected chi connectivity index (χ3v) is 5.50. The van der Waals surface area contributed by atoms with E-state index in [1.807, 2.05) is 0 Å². The third kappa shape index (κ3) is 11.2. The Labute approximate surface area is 210 Å². The van der Waals surface area contributed by atoms with Crippen molar-refractivity contribution in [3.05, 3.63) is 18.2 Å². The van der Waals surface area contributed by atoms with Crippen LogP contribution >= 0.6 is 11.8 Å². The predicted octanol–water partition coefficient (Wildman–Crippen LogP) is -2.09. The highest BCUT2D eigenvalue weighted by atomic mass is 32.2. The van der Waals surface area contributed by atoms with E-state index in [0.717, 1.165) is 0 Å². The molecular weight excluding hydrogens is 500 g/mol.